The van der Waals surface area contributed by atoms with E-state index in [-0.39, 0.29) is 11.8 Å². The van der Waals surface area contributed by atoms with Crippen LogP contribution in [0.25, 0.3) is 0 Å². The molecule has 0 aromatic heterocycles. The van der Waals surface area contributed by atoms with Gasteiger partial charge in [-0.3, -0.25) is 4.79 Å². The molecule has 1 rings (SSSR count). The van der Waals surface area contributed by atoms with Crippen LogP contribution in [0.3, 0.4) is 0 Å². The van der Waals surface area contributed by atoms with Crippen LogP contribution in [0.4, 0.5) is 0 Å². The average Bonchev–Trinajstić information content (AvgIpc) is 2.29. The van der Waals surface area contributed by atoms with E-state index in [1.165, 1.54) is 4.90 Å². The number of hydrogen-bond donors (Lipinski definition) is 1. The quantitative estimate of drug-likeness (QED) is 0.629. The molecule has 0 fully saturated rings. The fourth-order valence-corrected chi connectivity index (χ4v) is 2.75. The van der Waals surface area contributed by atoms with Crippen molar-refractivity contribution in [2.45, 2.75) is 43.9 Å². The van der Waals surface area contributed by atoms with E-state index in [1.807, 2.05) is 43.1 Å². The minimum atomic E-state index is -0.103. The van der Waals surface area contributed by atoms with Crippen molar-refractivity contribution in [3.05, 3.63) is 29.8 Å². The molecule has 1 unspecified atom stereocenters. The van der Waals surface area contributed by atoms with Gasteiger partial charge in [0, 0.05) is 15.7 Å². The second-order valence-electron chi connectivity index (χ2n) is 5.07. The van der Waals surface area contributed by atoms with Crippen LogP contribution in [0.15, 0.2) is 29.2 Å². The number of hydrogen-bond acceptors (Lipinski definition) is 3. The summed E-state index contributed by atoms with van der Waals surface area (Å²) in [6, 6.07) is 7.82. The highest BCUT2D eigenvalue weighted by atomic mass is 32.2. The van der Waals surface area contributed by atoms with Crippen LogP contribution >= 0.6 is 11.8 Å². The van der Waals surface area contributed by atoms with Gasteiger partial charge in [-0.25, -0.2) is 0 Å². The van der Waals surface area contributed by atoms with E-state index in [4.69, 9.17) is 0 Å². The van der Waals surface area contributed by atoms with E-state index in [1.54, 1.807) is 0 Å². The number of Topliss-reactive ketones (excluding diaryl/α,β-unsaturated/α-hetero) is 1. The molecular weight excluding hydrogens is 242 g/mol. The first-order valence-corrected chi connectivity index (χ1v) is 7.32. The number of ketones is 1. The molecule has 1 aromatic carbocycles. The normalized spacial score (nSPS) is 13.1. The monoisotopic (exact) mass is 265 g/mol. The number of carbonyl (C=O) groups is 1. The highest BCUT2D eigenvalue weighted by Crippen LogP contribution is 2.23. The molecule has 0 heterocycles. The maximum absolute atomic E-state index is 12.3. The standard InChI is InChI=1S/C15H23NOS/c1-10(2)14(16-5)15(17)12-6-8-13(9-7-12)18-11(3)4/h6-11,14,16H,1-5H3. The Bertz CT molecular complexity index is 384. The highest BCUT2D eigenvalue weighted by molar-refractivity contribution is 7.99. The molecule has 2 nitrogen and oxygen atoms in total. The van der Waals surface area contributed by atoms with E-state index in [9.17, 15) is 4.79 Å². The van der Waals surface area contributed by atoms with Gasteiger partial charge in [0.05, 0.1) is 6.04 Å². The predicted octanol–water partition coefficient (Wildman–Crippen LogP) is 3.61. The summed E-state index contributed by atoms with van der Waals surface area (Å²) in [5.41, 5.74) is 0.788. The van der Waals surface area contributed by atoms with Crippen molar-refractivity contribution < 1.29 is 4.79 Å². The van der Waals surface area contributed by atoms with Gasteiger partial charge in [0.2, 0.25) is 0 Å². The molecule has 0 spiro atoms. The molecule has 0 aliphatic carbocycles. The Balaban J connectivity index is 2.81. The molecule has 0 bridgehead atoms. The third kappa shape index (κ3) is 4.14. The lowest BCUT2D eigenvalue weighted by Crippen LogP contribution is -2.38. The topological polar surface area (TPSA) is 29.1 Å². The van der Waals surface area contributed by atoms with Gasteiger partial charge in [0.25, 0.3) is 0 Å². The van der Waals surface area contributed by atoms with Gasteiger partial charge < -0.3 is 5.32 Å². The van der Waals surface area contributed by atoms with Crippen LogP contribution in [0.2, 0.25) is 0 Å². The number of thioether (sulfide) groups is 1. The van der Waals surface area contributed by atoms with Crippen LogP contribution in [0.5, 0.6) is 0 Å². The SMILES string of the molecule is CNC(C(=O)c1ccc(SC(C)C)cc1)C(C)C. The maximum Gasteiger partial charge on any atom is 0.179 e. The van der Waals surface area contributed by atoms with Crippen LogP contribution in [0, 0.1) is 5.92 Å². The summed E-state index contributed by atoms with van der Waals surface area (Å²) >= 11 is 1.81. The van der Waals surface area contributed by atoms with Gasteiger partial charge in [-0.1, -0.05) is 39.8 Å². The maximum atomic E-state index is 12.3. The molecule has 0 saturated heterocycles. The molecule has 0 amide bonds. The second kappa shape index (κ2) is 6.95. The summed E-state index contributed by atoms with van der Waals surface area (Å²) < 4.78 is 0. The zero-order valence-corrected chi connectivity index (χ0v) is 12.7. The lowest BCUT2D eigenvalue weighted by molar-refractivity contribution is 0.0922. The number of nitrogens with one attached hydrogen (secondary N) is 1. The minimum absolute atomic E-state index is 0.103. The molecular formula is C15H23NOS. The Labute approximate surface area is 115 Å². The Morgan fingerprint density at radius 2 is 1.67 bits per heavy atom. The summed E-state index contributed by atoms with van der Waals surface area (Å²) in [5.74, 6) is 0.473. The minimum Gasteiger partial charge on any atom is -0.310 e. The molecule has 1 aromatic rings. The Morgan fingerprint density at radius 1 is 1.11 bits per heavy atom. The van der Waals surface area contributed by atoms with Crippen LogP contribution in [-0.4, -0.2) is 24.1 Å². The molecule has 0 saturated carbocycles. The van der Waals surface area contributed by atoms with Gasteiger partial charge in [-0.15, -0.1) is 11.8 Å². The molecule has 1 atom stereocenters. The van der Waals surface area contributed by atoms with Crippen molar-refractivity contribution in [1.29, 1.82) is 0 Å². The smallest absolute Gasteiger partial charge is 0.179 e. The number of benzene rings is 1. The first-order chi connectivity index (χ1) is 8.45. The van der Waals surface area contributed by atoms with Gasteiger partial charge in [-0.05, 0) is 25.1 Å². The van der Waals surface area contributed by atoms with Crippen molar-refractivity contribution in [3.63, 3.8) is 0 Å². The zero-order chi connectivity index (χ0) is 13.7. The summed E-state index contributed by atoms with van der Waals surface area (Å²) in [4.78, 5) is 13.5. The first kappa shape index (κ1) is 15.3. The summed E-state index contributed by atoms with van der Waals surface area (Å²) in [6.07, 6.45) is 0. The van der Waals surface area contributed by atoms with Crippen molar-refractivity contribution in [2.24, 2.45) is 5.92 Å². The van der Waals surface area contributed by atoms with Crippen molar-refractivity contribution in [1.82, 2.24) is 5.32 Å². The Kier molecular flexibility index (Phi) is 5.89. The van der Waals surface area contributed by atoms with Crippen molar-refractivity contribution >= 4 is 17.5 Å². The fraction of sp³-hybridized carbons (Fsp3) is 0.533. The van der Waals surface area contributed by atoms with E-state index in [0.29, 0.717) is 11.2 Å². The van der Waals surface area contributed by atoms with Crippen LogP contribution in [-0.2, 0) is 0 Å². The first-order valence-electron chi connectivity index (χ1n) is 6.44. The second-order valence-corrected chi connectivity index (χ2v) is 6.72. The van der Waals surface area contributed by atoms with E-state index in [2.05, 4.69) is 33.0 Å². The summed E-state index contributed by atoms with van der Waals surface area (Å²) in [7, 11) is 1.84. The molecule has 1 N–H and O–H groups in total. The number of likely N-dealkylation sites (N-methyl/N-ethyl adjacent to an activating group) is 1. The van der Waals surface area contributed by atoms with Gasteiger partial charge in [0.15, 0.2) is 5.78 Å². The molecule has 0 aliphatic rings. The summed E-state index contributed by atoms with van der Waals surface area (Å²) in [5, 5.41) is 3.65. The predicted molar refractivity (Wildman–Crippen MR) is 79.5 cm³/mol. The van der Waals surface area contributed by atoms with E-state index < -0.39 is 0 Å². The van der Waals surface area contributed by atoms with Gasteiger partial charge in [-0.2, -0.15) is 0 Å². The van der Waals surface area contributed by atoms with E-state index in [0.717, 1.165) is 5.56 Å². The molecule has 100 valence electrons. The highest BCUT2D eigenvalue weighted by Gasteiger charge is 2.21. The Hall–Kier alpha value is -0.800. The molecule has 18 heavy (non-hydrogen) atoms. The Morgan fingerprint density at radius 3 is 2.06 bits per heavy atom. The largest absolute Gasteiger partial charge is 0.310 e. The van der Waals surface area contributed by atoms with Crippen LogP contribution in [0.1, 0.15) is 38.1 Å². The summed E-state index contributed by atoms with van der Waals surface area (Å²) in [6.45, 7) is 8.45. The van der Waals surface area contributed by atoms with Gasteiger partial charge >= 0.3 is 0 Å². The van der Waals surface area contributed by atoms with Crippen LogP contribution < -0.4 is 5.32 Å². The zero-order valence-electron chi connectivity index (χ0n) is 11.9. The van der Waals surface area contributed by atoms with Crippen molar-refractivity contribution in [3.8, 4) is 0 Å². The lowest BCUT2D eigenvalue weighted by Gasteiger charge is -2.18. The van der Waals surface area contributed by atoms with E-state index >= 15 is 0 Å². The lowest BCUT2D eigenvalue weighted by atomic mass is 9.95. The van der Waals surface area contributed by atoms with Crippen molar-refractivity contribution in [2.75, 3.05) is 7.05 Å². The third-order valence-electron chi connectivity index (χ3n) is 2.77. The molecule has 0 aliphatic heterocycles. The fourth-order valence-electron chi connectivity index (χ4n) is 1.92. The molecule has 0 radical (unpaired) electrons. The van der Waals surface area contributed by atoms with Gasteiger partial charge in [0.1, 0.15) is 0 Å². The number of carbonyl (C=O) groups excluding carboxylic acids is 1. The number of rotatable bonds is 6. The molecule has 3 heteroatoms. The average molecular weight is 265 g/mol. The third-order valence-corrected chi connectivity index (χ3v) is 3.79.